The van der Waals surface area contributed by atoms with Gasteiger partial charge in [-0.05, 0) is 49.1 Å². The maximum atomic E-state index is 12.8. The van der Waals surface area contributed by atoms with E-state index < -0.39 is 16.1 Å². The van der Waals surface area contributed by atoms with Crippen molar-refractivity contribution in [3.63, 3.8) is 0 Å². The van der Waals surface area contributed by atoms with Gasteiger partial charge in [0.25, 0.3) is 0 Å². The fraction of sp³-hybridized carbons (Fsp3) is 0.154. The van der Waals surface area contributed by atoms with Gasteiger partial charge in [-0.3, -0.25) is 0 Å². The summed E-state index contributed by atoms with van der Waals surface area (Å²) in [6, 6.07) is 25.8. The molecular weight excluding hydrogens is 390 g/mol. The molecule has 4 heteroatoms. The van der Waals surface area contributed by atoms with Crippen molar-refractivity contribution in [3.8, 4) is 11.8 Å². The summed E-state index contributed by atoms with van der Waals surface area (Å²) in [5.74, 6) is 6.04. The van der Waals surface area contributed by atoms with Crippen molar-refractivity contribution in [3.05, 3.63) is 114 Å². The third-order valence-electron chi connectivity index (χ3n) is 4.61. The van der Waals surface area contributed by atoms with Crippen LogP contribution in [0.25, 0.3) is 0 Å². The van der Waals surface area contributed by atoms with E-state index in [0.29, 0.717) is 0 Å². The quantitative estimate of drug-likeness (QED) is 0.539. The molecule has 0 saturated heterocycles. The second-order valence-electron chi connectivity index (χ2n) is 6.99. The normalized spacial score (nSPS) is 12.3. The summed E-state index contributed by atoms with van der Waals surface area (Å²) in [5, 5.41) is 0. The SMILES string of the molecule is Cc1ccc(S(=O)(=O)N[C@@H](C#C/C=C/CCc2ccccc2)c2ccccc2)cc1. The Labute approximate surface area is 179 Å². The van der Waals surface area contributed by atoms with Crippen LogP contribution in [0.4, 0.5) is 0 Å². The molecule has 0 aliphatic rings. The van der Waals surface area contributed by atoms with Crippen LogP contribution in [0.15, 0.2) is 102 Å². The molecule has 30 heavy (non-hydrogen) atoms. The van der Waals surface area contributed by atoms with Crippen LogP contribution in [-0.2, 0) is 16.4 Å². The second-order valence-corrected chi connectivity index (χ2v) is 8.71. The van der Waals surface area contributed by atoms with Gasteiger partial charge in [0.05, 0.1) is 4.90 Å². The molecule has 0 fully saturated rings. The Bertz CT molecular complexity index is 1120. The highest BCUT2D eigenvalue weighted by molar-refractivity contribution is 7.89. The summed E-state index contributed by atoms with van der Waals surface area (Å²) in [7, 11) is -3.68. The minimum absolute atomic E-state index is 0.231. The number of sulfonamides is 1. The summed E-state index contributed by atoms with van der Waals surface area (Å²) in [6.45, 7) is 1.92. The van der Waals surface area contributed by atoms with E-state index in [4.69, 9.17) is 0 Å². The Morgan fingerprint density at radius 2 is 1.53 bits per heavy atom. The lowest BCUT2D eigenvalue weighted by molar-refractivity contribution is 0.576. The first-order chi connectivity index (χ1) is 14.5. The predicted octanol–water partition coefficient (Wildman–Crippen LogP) is 5.21. The van der Waals surface area contributed by atoms with Gasteiger partial charge >= 0.3 is 0 Å². The van der Waals surface area contributed by atoms with Crippen molar-refractivity contribution in [2.45, 2.75) is 30.7 Å². The molecule has 0 heterocycles. The molecule has 0 amide bonds. The standard InChI is InChI=1S/C26H25NO2S/c1-22-18-20-25(21-19-22)30(28,29)27-26(24-15-9-5-10-16-24)17-11-3-2-6-12-23-13-7-4-8-14-23/h2-5,7-10,13-16,18-21,26-27H,6,12H2,1H3/b3-2+/t26-/m0/s1. The summed E-state index contributed by atoms with van der Waals surface area (Å²) in [6.07, 6.45) is 5.63. The first kappa shape index (κ1) is 21.6. The number of allylic oxidation sites excluding steroid dienone is 2. The van der Waals surface area contributed by atoms with E-state index in [-0.39, 0.29) is 4.90 Å². The van der Waals surface area contributed by atoms with Crippen molar-refractivity contribution < 1.29 is 8.42 Å². The number of nitrogens with one attached hydrogen (secondary N) is 1. The maximum absolute atomic E-state index is 12.8. The fourth-order valence-corrected chi connectivity index (χ4v) is 4.07. The van der Waals surface area contributed by atoms with Crippen molar-refractivity contribution in [2.75, 3.05) is 0 Å². The van der Waals surface area contributed by atoms with Gasteiger partial charge in [0.1, 0.15) is 6.04 Å². The summed E-state index contributed by atoms with van der Waals surface area (Å²) < 4.78 is 28.4. The molecule has 3 nitrogen and oxygen atoms in total. The van der Waals surface area contributed by atoms with Crippen LogP contribution in [0.2, 0.25) is 0 Å². The number of hydrogen-bond donors (Lipinski definition) is 1. The van der Waals surface area contributed by atoms with Gasteiger partial charge in [0.2, 0.25) is 10.0 Å². The Hall–Kier alpha value is -3.13. The minimum atomic E-state index is -3.68. The van der Waals surface area contributed by atoms with E-state index in [1.54, 1.807) is 30.3 Å². The first-order valence-corrected chi connectivity index (χ1v) is 11.4. The minimum Gasteiger partial charge on any atom is -0.207 e. The molecule has 0 unspecified atom stereocenters. The van der Waals surface area contributed by atoms with Crippen LogP contribution in [0.1, 0.15) is 29.2 Å². The predicted molar refractivity (Wildman–Crippen MR) is 122 cm³/mol. The zero-order valence-electron chi connectivity index (χ0n) is 17.0. The maximum Gasteiger partial charge on any atom is 0.241 e. The van der Waals surface area contributed by atoms with E-state index in [0.717, 1.165) is 24.0 Å². The molecule has 152 valence electrons. The van der Waals surface area contributed by atoms with Gasteiger partial charge in [0.15, 0.2) is 0 Å². The van der Waals surface area contributed by atoms with Crippen LogP contribution in [0, 0.1) is 18.8 Å². The van der Waals surface area contributed by atoms with Gasteiger partial charge in [-0.15, -0.1) is 0 Å². The topological polar surface area (TPSA) is 46.2 Å². The smallest absolute Gasteiger partial charge is 0.207 e. The average molecular weight is 416 g/mol. The van der Waals surface area contributed by atoms with Crippen LogP contribution in [0.3, 0.4) is 0 Å². The highest BCUT2D eigenvalue weighted by Crippen LogP contribution is 2.17. The van der Waals surface area contributed by atoms with E-state index in [1.807, 2.05) is 61.5 Å². The monoisotopic (exact) mass is 415 g/mol. The molecule has 3 rings (SSSR count). The zero-order chi connectivity index (χ0) is 21.2. The van der Waals surface area contributed by atoms with Gasteiger partial charge < -0.3 is 0 Å². The molecule has 0 spiro atoms. The van der Waals surface area contributed by atoms with Crippen LogP contribution in [0.5, 0.6) is 0 Å². The molecule has 0 aliphatic heterocycles. The fourth-order valence-electron chi connectivity index (χ4n) is 2.94. The van der Waals surface area contributed by atoms with Gasteiger partial charge in [0, 0.05) is 0 Å². The molecule has 3 aromatic rings. The van der Waals surface area contributed by atoms with Crippen LogP contribution in [-0.4, -0.2) is 8.42 Å². The van der Waals surface area contributed by atoms with Gasteiger partial charge in [-0.1, -0.05) is 96.3 Å². The van der Waals surface area contributed by atoms with E-state index in [2.05, 4.69) is 28.7 Å². The third-order valence-corrected chi connectivity index (χ3v) is 6.05. The summed E-state index contributed by atoms with van der Waals surface area (Å²) in [5.41, 5.74) is 3.09. The molecule has 0 aromatic heterocycles. The Morgan fingerprint density at radius 3 is 2.20 bits per heavy atom. The second kappa shape index (κ2) is 10.6. The lowest BCUT2D eigenvalue weighted by atomic mass is 10.1. The highest BCUT2D eigenvalue weighted by atomic mass is 32.2. The Balaban J connectivity index is 1.71. The molecule has 0 aliphatic carbocycles. The van der Waals surface area contributed by atoms with Crippen LogP contribution < -0.4 is 4.72 Å². The van der Waals surface area contributed by atoms with E-state index in [1.165, 1.54) is 5.56 Å². The lowest BCUT2D eigenvalue weighted by Crippen LogP contribution is -2.27. The first-order valence-electron chi connectivity index (χ1n) is 9.88. The summed E-state index contributed by atoms with van der Waals surface area (Å²) >= 11 is 0. The molecule has 3 aromatic carbocycles. The third kappa shape index (κ3) is 6.45. The van der Waals surface area contributed by atoms with Crippen molar-refractivity contribution in [1.29, 1.82) is 0 Å². The zero-order valence-corrected chi connectivity index (χ0v) is 17.8. The number of hydrogen-bond acceptors (Lipinski definition) is 2. The summed E-state index contributed by atoms with van der Waals surface area (Å²) in [4.78, 5) is 0.231. The molecule has 0 radical (unpaired) electrons. The number of aryl methyl sites for hydroxylation is 2. The van der Waals surface area contributed by atoms with E-state index in [9.17, 15) is 8.42 Å². The number of rotatable bonds is 7. The highest BCUT2D eigenvalue weighted by Gasteiger charge is 2.19. The van der Waals surface area contributed by atoms with Crippen molar-refractivity contribution in [1.82, 2.24) is 4.72 Å². The molecule has 0 saturated carbocycles. The molecule has 1 N–H and O–H groups in total. The lowest BCUT2D eigenvalue weighted by Gasteiger charge is -2.14. The van der Waals surface area contributed by atoms with Gasteiger partial charge in [-0.25, -0.2) is 8.42 Å². The molecule has 1 atom stereocenters. The van der Waals surface area contributed by atoms with Crippen molar-refractivity contribution in [2.24, 2.45) is 0 Å². The Kier molecular flexibility index (Phi) is 7.62. The molecular formula is C26H25NO2S. The molecule has 0 bridgehead atoms. The van der Waals surface area contributed by atoms with Gasteiger partial charge in [-0.2, -0.15) is 4.72 Å². The largest absolute Gasteiger partial charge is 0.241 e. The average Bonchev–Trinajstić information content (AvgIpc) is 2.77. The van der Waals surface area contributed by atoms with Crippen LogP contribution >= 0.6 is 0 Å². The number of benzene rings is 3. The van der Waals surface area contributed by atoms with E-state index >= 15 is 0 Å². The van der Waals surface area contributed by atoms with Crippen molar-refractivity contribution >= 4 is 10.0 Å². The Morgan fingerprint density at radius 1 is 0.900 bits per heavy atom.